The highest BCUT2D eigenvalue weighted by molar-refractivity contribution is 5.99. The van der Waals surface area contributed by atoms with E-state index in [2.05, 4.69) is 45.3 Å². The molecule has 0 unspecified atom stereocenters. The molecule has 4 rings (SSSR count). The van der Waals surface area contributed by atoms with Crippen molar-refractivity contribution in [3.8, 4) is 0 Å². The van der Waals surface area contributed by atoms with Crippen LogP contribution in [0.5, 0.6) is 0 Å². The van der Waals surface area contributed by atoms with Crippen LogP contribution in [-0.4, -0.2) is 17.6 Å². The summed E-state index contributed by atoms with van der Waals surface area (Å²) in [5, 5.41) is 10.3. The Balaban J connectivity index is 1.28. The predicted molar refractivity (Wildman–Crippen MR) is 116 cm³/mol. The van der Waals surface area contributed by atoms with Gasteiger partial charge in [0, 0.05) is 40.7 Å². The predicted octanol–water partition coefficient (Wildman–Crippen LogP) is 5.47. The van der Waals surface area contributed by atoms with Gasteiger partial charge in [0.15, 0.2) is 0 Å². The van der Waals surface area contributed by atoms with Gasteiger partial charge in [-0.3, -0.25) is 0 Å². The van der Waals surface area contributed by atoms with E-state index in [9.17, 15) is 4.79 Å². The number of aromatic nitrogens is 1. The van der Waals surface area contributed by atoms with E-state index in [4.69, 9.17) is 0 Å². The van der Waals surface area contributed by atoms with Crippen LogP contribution in [0.1, 0.15) is 5.56 Å². The molecule has 1 heterocycles. The van der Waals surface area contributed by atoms with Crippen LogP contribution in [0.15, 0.2) is 85.1 Å². The number of hydrogen-bond acceptors (Lipinski definition) is 2. The second-order valence-corrected chi connectivity index (χ2v) is 6.56. The van der Waals surface area contributed by atoms with Crippen LogP contribution in [0.4, 0.5) is 21.9 Å². The number of carbonyl (C=O) groups excluding carboxylic acids is 1. The first-order chi connectivity index (χ1) is 13.8. The summed E-state index contributed by atoms with van der Waals surface area (Å²) in [7, 11) is 0. The standard InChI is InChI=1S/C23H22N4O/c28-23(26-19-6-2-1-3-7-19)27-20-12-10-18(11-13-20)24-15-14-17-16-25-22-9-5-4-8-21(17)22/h1-13,16,24-25H,14-15H2,(H2,26,27,28). The molecule has 5 nitrogen and oxygen atoms in total. The molecule has 140 valence electrons. The molecule has 0 saturated carbocycles. The van der Waals surface area contributed by atoms with E-state index >= 15 is 0 Å². The third-order valence-electron chi connectivity index (χ3n) is 4.57. The van der Waals surface area contributed by atoms with Gasteiger partial charge in [0.05, 0.1) is 0 Å². The molecule has 4 aromatic rings. The first-order valence-electron chi connectivity index (χ1n) is 9.30. The fourth-order valence-electron chi connectivity index (χ4n) is 3.17. The Bertz CT molecular complexity index is 1050. The first-order valence-corrected chi connectivity index (χ1v) is 9.30. The fraction of sp³-hybridized carbons (Fsp3) is 0.0870. The van der Waals surface area contributed by atoms with E-state index in [1.54, 1.807) is 0 Å². The minimum absolute atomic E-state index is 0.258. The zero-order valence-corrected chi connectivity index (χ0v) is 15.4. The van der Waals surface area contributed by atoms with E-state index in [1.165, 1.54) is 16.5 Å². The number of benzene rings is 3. The van der Waals surface area contributed by atoms with Gasteiger partial charge in [-0.2, -0.15) is 0 Å². The molecule has 0 aliphatic carbocycles. The summed E-state index contributed by atoms with van der Waals surface area (Å²) < 4.78 is 0. The molecule has 4 N–H and O–H groups in total. The van der Waals surface area contributed by atoms with E-state index in [1.807, 2.05) is 60.7 Å². The highest BCUT2D eigenvalue weighted by Crippen LogP contribution is 2.19. The van der Waals surface area contributed by atoms with Crippen molar-refractivity contribution in [3.63, 3.8) is 0 Å². The van der Waals surface area contributed by atoms with Crippen molar-refractivity contribution >= 4 is 34.0 Å². The van der Waals surface area contributed by atoms with Crippen LogP contribution < -0.4 is 16.0 Å². The largest absolute Gasteiger partial charge is 0.385 e. The summed E-state index contributed by atoms with van der Waals surface area (Å²) in [4.78, 5) is 15.3. The number of hydrogen-bond donors (Lipinski definition) is 4. The maximum Gasteiger partial charge on any atom is 0.323 e. The van der Waals surface area contributed by atoms with Gasteiger partial charge in [-0.25, -0.2) is 4.79 Å². The topological polar surface area (TPSA) is 69.0 Å². The van der Waals surface area contributed by atoms with Crippen LogP contribution in [0.3, 0.4) is 0 Å². The number of anilines is 3. The zero-order chi connectivity index (χ0) is 19.2. The van der Waals surface area contributed by atoms with Gasteiger partial charge in [-0.1, -0.05) is 36.4 Å². The molecular weight excluding hydrogens is 348 g/mol. The van der Waals surface area contributed by atoms with Gasteiger partial charge < -0.3 is 20.9 Å². The van der Waals surface area contributed by atoms with Gasteiger partial charge in [-0.05, 0) is 54.4 Å². The number of carbonyl (C=O) groups is 1. The summed E-state index contributed by atoms with van der Waals surface area (Å²) >= 11 is 0. The van der Waals surface area contributed by atoms with Gasteiger partial charge in [-0.15, -0.1) is 0 Å². The average molecular weight is 370 g/mol. The normalized spacial score (nSPS) is 10.6. The Kier molecular flexibility index (Phi) is 5.24. The minimum atomic E-state index is -0.258. The number of fused-ring (bicyclic) bond motifs is 1. The van der Waals surface area contributed by atoms with E-state index in [0.717, 1.165) is 30.0 Å². The third-order valence-corrected chi connectivity index (χ3v) is 4.57. The number of nitrogens with one attached hydrogen (secondary N) is 4. The van der Waals surface area contributed by atoms with Crippen molar-refractivity contribution in [2.75, 3.05) is 22.5 Å². The molecule has 0 fully saturated rings. The smallest absolute Gasteiger partial charge is 0.323 e. The quantitative estimate of drug-likeness (QED) is 0.364. The number of para-hydroxylation sites is 2. The fourth-order valence-corrected chi connectivity index (χ4v) is 3.17. The number of aromatic amines is 1. The average Bonchev–Trinajstić information content (AvgIpc) is 3.13. The highest BCUT2D eigenvalue weighted by atomic mass is 16.2. The Hall–Kier alpha value is -3.73. The summed E-state index contributed by atoms with van der Waals surface area (Å²) in [6.45, 7) is 0.836. The minimum Gasteiger partial charge on any atom is -0.385 e. The van der Waals surface area contributed by atoms with Crippen molar-refractivity contribution in [1.82, 2.24) is 4.98 Å². The summed E-state index contributed by atoms with van der Waals surface area (Å²) in [5.74, 6) is 0. The molecule has 0 aliphatic heterocycles. The maximum atomic E-state index is 12.0. The Morgan fingerprint density at radius 1 is 0.750 bits per heavy atom. The summed E-state index contributed by atoms with van der Waals surface area (Å²) in [6.07, 6.45) is 3.01. The molecule has 2 amide bonds. The summed E-state index contributed by atoms with van der Waals surface area (Å²) in [5.41, 5.74) is 5.00. The van der Waals surface area contributed by atoms with Crippen molar-refractivity contribution in [3.05, 3.63) is 90.6 Å². The van der Waals surface area contributed by atoms with E-state index in [0.29, 0.717) is 0 Å². The number of H-pyrrole nitrogens is 1. The van der Waals surface area contributed by atoms with Crippen molar-refractivity contribution < 1.29 is 4.79 Å². The highest BCUT2D eigenvalue weighted by Gasteiger charge is 2.04. The van der Waals surface area contributed by atoms with Crippen molar-refractivity contribution in [2.24, 2.45) is 0 Å². The second-order valence-electron chi connectivity index (χ2n) is 6.56. The molecule has 3 aromatic carbocycles. The Labute approximate surface area is 163 Å². The molecule has 28 heavy (non-hydrogen) atoms. The summed E-state index contributed by atoms with van der Waals surface area (Å²) in [6, 6.07) is 25.1. The van der Waals surface area contributed by atoms with Crippen molar-refractivity contribution in [1.29, 1.82) is 0 Å². The Morgan fingerprint density at radius 3 is 2.18 bits per heavy atom. The van der Waals surface area contributed by atoms with Crippen LogP contribution in [0.2, 0.25) is 0 Å². The molecule has 5 heteroatoms. The number of urea groups is 1. The van der Waals surface area contributed by atoms with Gasteiger partial charge in [0.1, 0.15) is 0 Å². The van der Waals surface area contributed by atoms with Gasteiger partial charge in [0.2, 0.25) is 0 Å². The lowest BCUT2D eigenvalue weighted by molar-refractivity contribution is 0.262. The molecule has 0 radical (unpaired) electrons. The molecule has 0 saturated heterocycles. The van der Waals surface area contributed by atoms with Crippen LogP contribution in [0.25, 0.3) is 10.9 Å². The van der Waals surface area contributed by atoms with Crippen LogP contribution >= 0.6 is 0 Å². The number of amides is 2. The molecule has 0 aliphatic rings. The molecule has 0 bridgehead atoms. The first kappa shape index (κ1) is 17.7. The monoisotopic (exact) mass is 370 g/mol. The maximum absolute atomic E-state index is 12.0. The molecule has 0 atom stereocenters. The second kappa shape index (κ2) is 8.31. The third kappa shape index (κ3) is 4.32. The van der Waals surface area contributed by atoms with E-state index in [-0.39, 0.29) is 6.03 Å². The van der Waals surface area contributed by atoms with Crippen molar-refractivity contribution in [2.45, 2.75) is 6.42 Å². The van der Waals surface area contributed by atoms with E-state index < -0.39 is 0 Å². The Morgan fingerprint density at radius 2 is 1.39 bits per heavy atom. The lowest BCUT2D eigenvalue weighted by atomic mass is 10.1. The molecular formula is C23H22N4O. The van der Waals surface area contributed by atoms with Gasteiger partial charge in [0.25, 0.3) is 0 Å². The van der Waals surface area contributed by atoms with Crippen LogP contribution in [-0.2, 0) is 6.42 Å². The molecule has 1 aromatic heterocycles. The zero-order valence-electron chi connectivity index (χ0n) is 15.4. The van der Waals surface area contributed by atoms with Crippen LogP contribution in [0, 0.1) is 0 Å². The lowest BCUT2D eigenvalue weighted by Crippen LogP contribution is -2.19. The SMILES string of the molecule is O=C(Nc1ccccc1)Nc1ccc(NCCc2c[nH]c3ccccc23)cc1. The van der Waals surface area contributed by atoms with Gasteiger partial charge >= 0.3 is 6.03 Å². The lowest BCUT2D eigenvalue weighted by Gasteiger charge is -2.09. The number of rotatable bonds is 6. The molecule has 0 spiro atoms.